The Hall–Kier alpha value is -1.26. The molecule has 0 radical (unpaired) electrons. The molecule has 17 heavy (non-hydrogen) atoms. The van der Waals surface area contributed by atoms with Crippen LogP contribution in [0.25, 0.3) is 0 Å². The first-order valence-electron chi connectivity index (χ1n) is 5.45. The normalized spacial score (nSPS) is 30.9. The first-order valence-corrected chi connectivity index (χ1v) is 5.83. The van der Waals surface area contributed by atoms with Gasteiger partial charge < -0.3 is 14.2 Å². The maximum Gasteiger partial charge on any atom is 0.168 e. The largest absolute Gasteiger partial charge is 0.493 e. The van der Waals surface area contributed by atoms with Gasteiger partial charge in [-0.3, -0.25) is 4.99 Å². The van der Waals surface area contributed by atoms with Gasteiger partial charge >= 0.3 is 0 Å². The Morgan fingerprint density at radius 3 is 3.18 bits per heavy atom. The highest BCUT2D eigenvalue weighted by molar-refractivity contribution is 6.31. The van der Waals surface area contributed by atoms with E-state index in [0.29, 0.717) is 19.0 Å². The van der Waals surface area contributed by atoms with Crippen LogP contribution >= 0.6 is 11.6 Å². The summed E-state index contributed by atoms with van der Waals surface area (Å²) in [7, 11) is 1.61. The molecule has 0 saturated carbocycles. The number of ether oxygens (including phenoxy) is 3. The van der Waals surface area contributed by atoms with Crippen molar-refractivity contribution >= 4 is 17.8 Å². The van der Waals surface area contributed by atoms with Crippen molar-refractivity contribution in [2.45, 2.75) is 6.10 Å². The van der Waals surface area contributed by atoms with Crippen LogP contribution in [-0.2, 0) is 14.2 Å². The van der Waals surface area contributed by atoms with E-state index in [1.165, 1.54) is 0 Å². The predicted octanol–water partition coefficient (Wildman–Crippen LogP) is 1.98. The van der Waals surface area contributed by atoms with Crippen molar-refractivity contribution in [1.82, 2.24) is 0 Å². The molecule has 2 aliphatic heterocycles. The molecule has 2 unspecified atom stereocenters. The molecule has 1 saturated heterocycles. The van der Waals surface area contributed by atoms with Crippen molar-refractivity contribution in [3.63, 3.8) is 0 Å². The Morgan fingerprint density at radius 1 is 1.47 bits per heavy atom. The molecule has 1 aliphatic carbocycles. The lowest BCUT2D eigenvalue weighted by Gasteiger charge is -2.36. The number of hydrogen-bond acceptors (Lipinski definition) is 4. The SMILES string of the molecule is COC1=C2OCCOC2C2C(Cl)=CC=NC2=C1. The number of methoxy groups -OCH3 is 1. The first-order chi connectivity index (χ1) is 8.31. The molecule has 2 atom stereocenters. The van der Waals surface area contributed by atoms with Crippen LogP contribution in [0.1, 0.15) is 0 Å². The van der Waals surface area contributed by atoms with E-state index in [1.54, 1.807) is 19.4 Å². The molecule has 2 heterocycles. The number of hydrogen-bond donors (Lipinski definition) is 0. The Bertz CT molecular complexity index is 464. The van der Waals surface area contributed by atoms with Crippen molar-refractivity contribution in [2.75, 3.05) is 20.3 Å². The summed E-state index contributed by atoms with van der Waals surface area (Å²) >= 11 is 6.23. The third-order valence-corrected chi connectivity index (χ3v) is 3.38. The minimum atomic E-state index is -0.222. The van der Waals surface area contributed by atoms with E-state index in [4.69, 9.17) is 25.8 Å². The molecule has 4 nitrogen and oxygen atoms in total. The highest BCUT2D eigenvalue weighted by Gasteiger charge is 2.40. The molecular formula is C12H12ClNO3. The smallest absolute Gasteiger partial charge is 0.168 e. The minimum Gasteiger partial charge on any atom is -0.493 e. The lowest BCUT2D eigenvalue weighted by molar-refractivity contribution is -0.0626. The second-order valence-corrected chi connectivity index (χ2v) is 4.39. The number of aliphatic imine (C=N–C) groups is 1. The zero-order chi connectivity index (χ0) is 11.8. The summed E-state index contributed by atoms with van der Waals surface area (Å²) in [6, 6.07) is 0. The molecular weight excluding hydrogens is 242 g/mol. The lowest BCUT2D eigenvalue weighted by atomic mass is 9.89. The first kappa shape index (κ1) is 10.9. The molecule has 0 spiro atoms. The third-order valence-electron chi connectivity index (χ3n) is 3.01. The summed E-state index contributed by atoms with van der Waals surface area (Å²) in [5.74, 6) is 1.32. The number of fused-ring (bicyclic) bond motifs is 3. The van der Waals surface area contributed by atoms with Gasteiger partial charge in [-0.25, -0.2) is 0 Å². The van der Waals surface area contributed by atoms with E-state index in [2.05, 4.69) is 4.99 Å². The fraction of sp³-hybridized carbons (Fsp3) is 0.417. The van der Waals surface area contributed by atoms with Crippen LogP contribution in [0.15, 0.2) is 39.4 Å². The fourth-order valence-corrected chi connectivity index (χ4v) is 2.54. The number of allylic oxidation sites excluding steroid dienone is 2. The van der Waals surface area contributed by atoms with Crippen LogP contribution in [0.5, 0.6) is 0 Å². The third kappa shape index (κ3) is 1.68. The van der Waals surface area contributed by atoms with Crippen LogP contribution in [0.4, 0.5) is 0 Å². The highest BCUT2D eigenvalue weighted by atomic mass is 35.5. The van der Waals surface area contributed by atoms with E-state index in [1.807, 2.05) is 6.08 Å². The molecule has 3 rings (SSSR count). The van der Waals surface area contributed by atoms with Gasteiger partial charge in [0.05, 0.1) is 25.3 Å². The summed E-state index contributed by atoms with van der Waals surface area (Å²) in [6.45, 7) is 1.10. The lowest BCUT2D eigenvalue weighted by Crippen LogP contribution is -2.38. The zero-order valence-corrected chi connectivity index (χ0v) is 10.1. The van der Waals surface area contributed by atoms with Crippen LogP contribution in [0.2, 0.25) is 0 Å². The Morgan fingerprint density at radius 2 is 2.35 bits per heavy atom. The Labute approximate surface area is 104 Å². The van der Waals surface area contributed by atoms with Crippen molar-refractivity contribution < 1.29 is 14.2 Å². The van der Waals surface area contributed by atoms with E-state index < -0.39 is 0 Å². The number of rotatable bonds is 1. The summed E-state index contributed by atoms with van der Waals surface area (Å²) in [6.07, 6.45) is 5.11. The monoisotopic (exact) mass is 253 g/mol. The van der Waals surface area contributed by atoms with Gasteiger partial charge in [-0.2, -0.15) is 0 Å². The van der Waals surface area contributed by atoms with Gasteiger partial charge in [0.2, 0.25) is 0 Å². The summed E-state index contributed by atoms with van der Waals surface area (Å²) in [5.41, 5.74) is 0.855. The van der Waals surface area contributed by atoms with Crippen LogP contribution < -0.4 is 0 Å². The molecule has 1 fully saturated rings. The van der Waals surface area contributed by atoms with Gasteiger partial charge in [0.15, 0.2) is 11.5 Å². The average molecular weight is 254 g/mol. The molecule has 90 valence electrons. The van der Waals surface area contributed by atoms with Gasteiger partial charge in [-0.05, 0) is 6.08 Å². The second-order valence-electron chi connectivity index (χ2n) is 3.95. The standard InChI is InChI=1S/C12H12ClNO3/c1-15-9-6-8-10(7(13)2-3-14-8)12-11(9)16-4-5-17-12/h2-3,6,10,12H,4-5H2,1H3. The van der Waals surface area contributed by atoms with Crippen molar-refractivity contribution in [1.29, 1.82) is 0 Å². The molecule has 0 aromatic heterocycles. The Balaban J connectivity index is 2.07. The molecule has 0 N–H and O–H groups in total. The second kappa shape index (κ2) is 4.20. The van der Waals surface area contributed by atoms with Gasteiger partial charge in [0, 0.05) is 17.3 Å². The summed E-state index contributed by atoms with van der Waals surface area (Å²) in [4.78, 5) is 4.32. The van der Waals surface area contributed by atoms with Crippen LogP contribution in [-0.4, -0.2) is 32.6 Å². The number of halogens is 1. The number of dihydropyridines is 1. The molecule has 0 bridgehead atoms. The summed E-state index contributed by atoms with van der Waals surface area (Å²) < 4.78 is 16.7. The molecule has 3 aliphatic rings. The maximum atomic E-state index is 6.23. The van der Waals surface area contributed by atoms with Gasteiger partial charge in [-0.15, -0.1) is 0 Å². The highest BCUT2D eigenvalue weighted by Crippen LogP contribution is 2.41. The van der Waals surface area contributed by atoms with Crippen molar-refractivity contribution in [3.05, 3.63) is 34.4 Å². The number of nitrogens with zero attached hydrogens (tertiary/aromatic N) is 1. The molecule has 0 amide bonds. The fourth-order valence-electron chi connectivity index (χ4n) is 2.25. The van der Waals surface area contributed by atoms with Crippen LogP contribution in [0.3, 0.4) is 0 Å². The predicted molar refractivity (Wildman–Crippen MR) is 63.7 cm³/mol. The molecule has 5 heteroatoms. The van der Waals surface area contributed by atoms with E-state index in [9.17, 15) is 0 Å². The van der Waals surface area contributed by atoms with E-state index >= 15 is 0 Å². The summed E-state index contributed by atoms with van der Waals surface area (Å²) in [5, 5.41) is 0.717. The Kier molecular flexibility index (Phi) is 2.68. The van der Waals surface area contributed by atoms with E-state index in [-0.39, 0.29) is 12.0 Å². The topological polar surface area (TPSA) is 40.0 Å². The molecule has 0 aromatic carbocycles. The average Bonchev–Trinajstić information content (AvgIpc) is 2.37. The van der Waals surface area contributed by atoms with Gasteiger partial charge in [0.25, 0.3) is 0 Å². The van der Waals surface area contributed by atoms with Crippen molar-refractivity contribution in [3.8, 4) is 0 Å². The minimum absolute atomic E-state index is 0.0733. The molecule has 0 aromatic rings. The van der Waals surface area contributed by atoms with E-state index in [0.717, 1.165) is 16.5 Å². The zero-order valence-electron chi connectivity index (χ0n) is 9.35. The van der Waals surface area contributed by atoms with Crippen LogP contribution in [0, 0.1) is 5.92 Å². The van der Waals surface area contributed by atoms with Gasteiger partial charge in [-0.1, -0.05) is 11.6 Å². The van der Waals surface area contributed by atoms with Crippen molar-refractivity contribution in [2.24, 2.45) is 10.9 Å². The van der Waals surface area contributed by atoms with Gasteiger partial charge in [0.1, 0.15) is 12.7 Å². The quantitative estimate of drug-likeness (QED) is 0.717. The maximum absolute atomic E-state index is 6.23.